The molecule has 160 valence electrons. The summed E-state index contributed by atoms with van der Waals surface area (Å²) in [5, 5.41) is 8.93. The van der Waals surface area contributed by atoms with E-state index in [9.17, 15) is 4.79 Å². The Morgan fingerprint density at radius 3 is 2.90 bits per heavy atom. The number of nitrogens with zero attached hydrogens (tertiary/aromatic N) is 8. The number of hydrogen-bond acceptors (Lipinski definition) is 8. The van der Waals surface area contributed by atoms with E-state index in [4.69, 9.17) is 16.1 Å². The van der Waals surface area contributed by atoms with Gasteiger partial charge in [-0.3, -0.25) is 14.5 Å². The number of hydrogen-bond donors (Lipinski definition) is 0. The molecule has 0 N–H and O–H groups in total. The van der Waals surface area contributed by atoms with Crippen LogP contribution in [0.4, 0.5) is 11.5 Å². The third-order valence-corrected chi connectivity index (χ3v) is 6.25. The van der Waals surface area contributed by atoms with E-state index in [0.717, 1.165) is 18.9 Å². The zero-order valence-electron chi connectivity index (χ0n) is 17.1. The zero-order chi connectivity index (χ0) is 21.7. The molecule has 3 aromatic rings. The molecule has 0 spiro atoms. The van der Waals surface area contributed by atoms with Gasteiger partial charge in [-0.2, -0.15) is 10.1 Å². The summed E-state index contributed by atoms with van der Waals surface area (Å²) in [5.41, 5.74) is 0.804. The molecule has 1 aliphatic heterocycles. The maximum Gasteiger partial charge on any atom is 0.274 e. The third-order valence-electron chi connectivity index (χ3n) is 6.02. The van der Waals surface area contributed by atoms with E-state index in [0.29, 0.717) is 40.0 Å². The normalized spacial score (nSPS) is 21.8. The first kappa shape index (κ1) is 19.7. The lowest BCUT2D eigenvalue weighted by Gasteiger charge is -2.20. The van der Waals surface area contributed by atoms with Crippen LogP contribution in [0.3, 0.4) is 0 Å². The molecule has 1 saturated heterocycles. The van der Waals surface area contributed by atoms with Crippen molar-refractivity contribution in [1.29, 1.82) is 0 Å². The van der Waals surface area contributed by atoms with Gasteiger partial charge in [-0.25, -0.2) is 4.98 Å². The minimum atomic E-state index is -0.241. The summed E-state index contributed by atoms with van der Waals surface area (Å²) in [7, 11) is 3.36. The Morgan fingerprint density at radius 2 is 2.19 bits per heavy atom. The minimum absolute atomic E-state index is 0.203. The van der Waals surface area contributed by atoms with Crippen molar-refractivity contribution < 1.29 is 9.32 Å². The van der Waals surface area contributed by atoms with Gasteiger partial charge < -0.3 is 14.3 Å². The molecule has 0 bridgehead atoms. The predicted molar refractivity (Wildman–Crippen MR) is 114 cm³/mol. The Kier molecular flexibility index (Phi) is 4.73. The van der Waals surface area contributed by atoms with Crippen LogP contribution < -0.4 is 4.90 Å². The standard InChI is InChI=1S/C20H21ClN8O2/c1-22-14-7-24-28(3)18(14)20(30)27(2)10-16-25-19(26-31-16)17-12-8-29(9-13(12)17)15-6-11(21)4-5-23-15/h4-7,12-13,17H,1,8-10H2,2-3H3/t12-,13+,17+. The van der Waals surface area contributed by atoms with Crippen LogP contribution in [0.15, 0.2) is 34.0 Å². The zero-order valence-corrected chi connectivity index (χ0v) is 17.9. The molecule has 3 atom stereocenters. The highest BCUT2D eigenvalue weighted by Gasteiger charge is 2.58. The van der Waals surface area contributed by atoms with Crippen molar-refractivity contribution in [3.05, 3.63) is 47.0 Å². The topological polar surface area (TPSA) is 106 Å². The molecule has 1 saturated carbocycles. The highest BCUT2D eigenvalue weighted by Crippen LogP contribution is 2.57. The lowest BCUT2D eigenvalue weighted by atomic mass is 10.2. The Labute approximate surface area is 183 Å². The third kappa shape index (κ3) is 3.46. The molecule has 10 nitrogen and oxygen atoms in total. The van der Waals surface area contributed by atoms with Crippen LogP contribution in [0, 0.1) is 11.8 Å². The number of halogens is 1. The van der Waals surface area contributed by atoms with E-state index < -0.39 is 0 Å². The average Bonchev–Trinajstić information content (AvgIpc) is 3.18. The van der Waals surface area contributed by atoms with Crippen molar-refractivity contribution in [2.24, 2.45) is 23.9 Å². The minimum Gasteiger partial charge on any atom is -0.356 e. The summed E-state index contributed by atoms with van der Waals surface area (Å²) >= 11 is 6.08. The second-order valence-corrected chi connectivity index (χ2v) is 8.39. The van der Waals surface area contributed by atoms with E-state index in [1.807, 2.05) is 6.07 Å². The van der Waals surface area contributed by atoms with Gasteiger partial charge in [-0.15, -0.1) is 0 Å². The molecule has 5 rings (SSSR count). The van der Waals surface area contributed by atoms with Gasteiger partial charge in [0.2, 0.25) is 5.89 Å². The SMILES string of the molecule is C=Nc1cnn(C)c1C(=O)N(C)Cc1nc([C@H]2[C@@H]3CN(c4cc(Cl)ccn4)C[C@@H]32)no1. The first-order valence-electron chi connectivity index (χ1n) is 9.89. The number of pyridine rings is 1. The van der Waals surface area contributed by atoms with Crippen LogP contribution in [0.25, 0.3) is 0 Å². The van der Waals surface area contributed by atoms with Gasteiger partial charge in [0.05, 0.1) is 6.20 Å². The summed E-state index contributed by atoms with van der Waals surface area (Å²) in [6, 6.07) is 3.66. The maximum absolute atomic E-state index is 12.8. The summed E-state index contributed by atoms with van der Waals surface area (Å²) in [6.07, 6.45) is 3.23. The number of piperidine rings is 1. The molecular weight excluding hydrogens is 420 g/mol. The number of aliphatic imine (C=N–C) groups is 1. The number of anilines is 1. The van der Waals surface area contributed by atoms with E-state index in [2.05, 4.69) is 36.8 Å². The highest BCUT2D eigenvalue weighted by atomic mass is 35.5. The smallest absolute Gasteiger partial charge is 0.274 e. The van der Waals surface area contributed by atoms with E-state index in [1.165, 1.54) is 15.8 Å². The van der Waals surface area contributed by atoms with Crippen molar-refractivity contribution in [2.45, 2.75) is 12.5 Å². The molecule has 11 heteroatoms. The summed E-state index contributed by atoms with van der Waals surface area (Å²) in [5.74, 6) is 2.99. The van der Waals surface area contributed by atoms with Crippen molar-refractivity contribution in [2.75, 3.05) is 25.0 Å². The van der Waals surface area contributed by atoms with Crippen molar-refractivity contribution in [3.8, 4) is 0 Å². The Bertz CT molecular complexity index is 1150. The van der Waals surface area contributed by atoms with Gasteiger partial charge in [0.1, 0.15) is 18.1 Å². The quantitative estimate of drug-likeness (QED) is 0.541. The number of fused-ring (bicyclic) bond motifs is 1. The van der Waals surface area contributed by atoms with Crippen LogP contribution in [-0.4, -0.2) is 62.6 Å². The second-order valence-electron chi connectivity index (χ2n) is 7.96. The van der Waals surface area contributed by atoms with Crippen LogP contribution in [0.5, 0.6) is 0 Å². The molecule has 0 aromatic carbocycles. The van der Waals surface area contributed by atoms with Gasteiger partial charge in [0.15, 0.2) is 11.5 Å². The Morgan fingerprint density at radius 1 is 1.42 bits per heavy atom. The monoisotopic (exact) mass is 440 g/mol. The van der Waals surface area contributed by atoms with Gasteiger partial charge >= 0.3 is 0 Å². The molecular formula is C20H21ClN8O2. The number of carbonyl (C=O) groups excluding carboxylic acids is 1. The lowest BCUT2D eigenvalue weighted by molar-refractivity contribution is 0.0759. The molecule has 1 amide bonds. The number of amides is 1. The number of aryl methyl sites for hydroxylation is 1. The fourth-order valence-corrected chi connectivity index (χ4v) is 4.53. The molecule has 0 radical (unpaired) electrons. The van der Waals surface area contributed by atoms with Crippen molar-refractivity contribution in [3.63, 3.8) is 0 Å². The largest absolute Gasteiger partial charge is 0.356 e. The fraction of sp³-hybridized carbons (Fsp3) is 0.400. The van der Waals surface area contributed by atoms with Crippen molar-refractivity contribution in [1.82, 2.24) is 29.8 Å². The summed E-state index contributed by atoms with van der Waals surface area (Å²) in [4.78, 5) is 29.3. The van der Waals surface area contributed by atoms with E-state index >= 15 is 0 Å². The average molecular weight is 441 g/mol. The van der Waals surface area contributed by atoms with Gasteiger partial charge in [0, 0.05) is 44.3 Å². The van der Waals surface area contributed by atoms with E-state index in [-0.39, 0.29) is 18.4 Å². The van der Waals surface area contributed by atoms with Crippen molar-refractivity contribution >= 4 is 35.7 Å². The number of aromatic nitrogens is 5. The number of rotatable bonds is 6. The van der Waals surface area contributed by atoms with Gasteiger partial charge in [0.25, 0.3) is 5.91 Å². The second kappa shape index (κ2) is 7.45. The fourth-order valence-electron chi connectivity index (χ4n) is 4.38. The maximum atomic E-state index is 12.8. The lowest BCUT2D eigenvalue weighted by Crippen LogP contribution is -2.28. The predicted octanol–water partition coefficient (Wildman–Crippen LogP) is 2.31. The molecule has 3 aromatic heterocycles. The van der Waals surface area contributed by atoms with Crippen LogP contribution >= 0.6 is 11.6 Å². The Balaban J connectivity index is 1.21. The highest BCUT2D eigenvalue weighted by molar-refractivity contribution is 6.30. The summed E-state index contributed by atoms with van der Waals surface area (Å²) < 4.78 is 6.91. The first-order chi connectivity index (χ1) is 15.0. The molecule has 2 fully saturated rings. The molecule has 2 aliphatic rings. The Hall–Kier alpha value is -3.27. The molecule has 4 heterocycles. The molecule has 0 unspecified atom stereocenters. The molecule has 1 aliphatic carbocycles. The number of carbonyl (C=O) groups is 1. The van der Waals surface area contributed by atoms with Gasteiger partial charge in [-0.05, 0) is 30.7 Å². The van der Waals surface area contributed by atoms with E-state index in [1.54, 1.807) is 26.4 Å². The molecule has 31 heavy (non-hydrogen) atoms. The summed E-state index contributed by atoms with van der Waals surface area (Å²) in [6.45, 7) is 5.47. The first-order valence-corrected chi connectivity index (χ1v) is 10.3. The van der Waals surface area contributed by atoms with Gasteiger partial charge in [-0.1, -0.05) is 16.8 Å². The van der Waals surface area contributed by atoms with Crippen LogP contribution in [0.1, 0.15) is 28.1 Å². The van der Waals surface area contributed by atoms with Crippen LogP contribution in [0.2, 0.25) is 5.02 Å². The van der Waals surface area contributed by atoms with Crippen LogP contribution in [-0.2, 0) is 13.6 Å².